The molecule has 2 aromatic rings. The largest absolute Gasteiger partial charge is 0.494 e. The third kappa shape index (κ3) is 7.86. The molecule has 2 rings (SSSR count). The molecular formula is C23H31N3O3. The first kappa shape index (κ1) is 22.3. The molecule has 6 nitrogen and oxygen atoms in total. The average Bonchev–Trinajstić information content (AvgIpc) is 2.72. The summed E-state index contributed by atoms with van der Waals surface area (Å²) in [4.78, 5) is 25.6. The highest BCUT2D eigenvalue weighted by Gasteiger charge is 2.08. The van der Waals surface area contributed by atoms with Crippen molar-refractivity contribution in [2.75, 3.05) is 37.9 Å². The number of hydrogen-bond acceptors (Lipinski definition) is 4. The normalized spacial score (nSPS) is 10.3. The molecule has 0 aliphatic carbocycles. The third-order valence-electron chi connectivity index (χ3n) is 4.38. The van der Waals surface area contributed by atoms with E-state index < -0.39 is 0 Å². The van der Waals surface area contributed by atoms with Crippen LogP contribution in [0, 0.1) is 0 Å². The number of carbonyl (C=O) groups excluding carboxylic acids is 2. The Morgan fingerprint density at radius 2 is 1.72 bits per heavy atom. The van der Waals surface area contributed by atoms with E-state index in [0.29, 0.717) is 17.9 Å². The van der Waals surface area contributed by atoms with Crippen molar-refractivity contribution in [1.82, 2.24) is 4.90 Å². The van der Waals surface area contributed by atoms with Crippen LogP contribution in [-0.2, 0) is 4.79 Å². The number of benzene rings is 2. The van der Waals surface area contributed by atoms with Crippen LogP contribution in [-0.4, -0.2) is 44.0 Å². The van der Waals surface area contributed by atoms with Gasteiger partial charge in [-0.1, -0.05) is 32.3 Å². The summed E-state index contributed by atoms with van der Waals surface area (Å²) < 4.78 is 5.75. The highest BCUT2D eigenvalue weighted by atomic mass is 16.5. The van der Waals surface area contributed by atoms with Crippen LogP contribution in [0.5, 0.6) is 5.75 Å². The van der Waals surface area contributed by atoms with Gasteiger partial charge in [-0.05, 0) is 42.8 Å². The maximum Gasteiger partial charge on any atom is 0.253 e. The molecule has 0 spiro atoms. The van der Waals surface area contributed by atoms with Gasteiger partial charge in [0, 0.05) is 37.1 Å². The number of nitrogens with zero attached hydrogens (tertiary/aromatic N) is 1. The van der Waals surface area contributed by atoms with Crippen LogP contribution in [0.2, 0.25) is 0 Å². The molecule has 0 heterocycles. The number of amides is 2. The maximum absolute atomic E-state index is 12.2. The molecule has 6 heteroatoms. The van der Waals surface area contributed by atoms with E-state index in [1.165, 1.54) is 24.2 Å². The zero-order valence-corrected chi connectivity index (χ0v) is 17.5. The summed E-state index contributed by atoms with van der Waals surface area (Å²) in [6.07, 6.45) is 4.63. The van der Waals surface area contributed by atoms with Gasteiger partial charge in [-0.3, -0.25) is 9.59 Å². The Morgan fingerprint density at radius 3 is 2.41 bits per heavy atom. The van der Waals surface area contributed by atoms with E-state index in [9.17, 15) is 9.59 Å². The zero-order chi connectivity index (χ0) is 21.1. The van der Waals surface area contributed by atoms with Crippen molar-refractivity contribution < 1.29 is 14.3 Å². The Hall–Kier alpha value is -3.02. The lowest BCUT2D eigenvalue weighted by atomic mass is 10.2. The molecule has 0 aromatic heterocycles. The molecule has 156 valence electrons. The smallest absolute Gasteiger partial charge is 0.253 e. The van der Waals surface area contributed by atoms with Gasteiger partial charge in [-0.25, -0.2) is 0 Å². The van der Waals surface area contributed by atoms with Crippen LogP contribution in [0.15, 0.2) is 48.5 Å². The molecule has 2 aromatic carbocycles. The molecule has 29 heavy (non-hydrogen) atoms. The first-order valence-electron chi connectivity index (χ1n) is 10.1. The van der Waals surface area contributed by atoms with Gasteiger partial charge in [-0.2, -0.15) is 0 Å². The number of ether oxygens (including phenoxy) is 1. The number of anilines is 2. The summed E-state index contributed by atoms with van der Waals surface area (Å²) in [5.41, 5.74) is 2.09. The number of unbranched alkanes of at least 4 members (excludes halogenated alkanes) is 3. The minimum atomic E-state index is -0.154. The molecule has 0 fully saturated rings. The summed E-state index contributed by atoms with van der Waals surface area (Å²) in [6.45, 7) is 3.00. The minimum Gasteiger partial charge on any atom is -0.494 e. The SMILES string of the molecule is CCCCCCOc1cccc(NC(=O)CNc2ccc(C(=O)N(C)C)cc2)c1. The summed E-state index contributed by atoms with van der Waals surface area (Å²) >= 11 is 0. The van der Waals surface area contributed by atoms with Crippen LogP contribution in [0.1, 0.15) is 43.0 Å². The zero-order valence-electron chi connectivity index (χ0n) is 17.5. The van der Waals surface area contributed by atoms with E-state index in [2.05, 4.69) is 17.6 Å². The summed E-state index contributed by atoms with van der Waals surface area (Å²) in [7, 11) is 3.43. The first-order chi connectivity index (χ1) is 14.0. The molecule has 2 amide bonds. The molecule has 0 aliphatic heterocycles. The lowest BCUT2D eigenvalue weighted by Crippen LogP contribution is -2.22. The molecule has 0 radical (unpaired) electrons. The molecule has 0 bridgehead atoms. The second-order valence-corrected chi connectivity index (χ2v) is 7.12. The highest BCUT2D eigenvalue weighted by Crippen LogP contribution is 2.18. The van der Waals surface area contributed by atoms with Crippen LogP contribution in [0.4, 0.5) is 11.4 Å². The number of carbonyl (C=O) groups is 2. The Bertz CT molecular complexity index is 788. The fourth-order valence-electron chi connectivity index (χ4n) is 2.76. The second kappa shape index (κ2) is 11.7. The van der Waals surface area contributed by atoms with Gasteiger partial charge in [-0.15, -0.1) is 0 Å². The van der Waals surface area contributed by atoms with Crippen molar-refractivity contribution in [2.24, 2.45) is 0 Å². The van der Waals surface area contributed by atoms with Crippen molar-refractivity contribution in [3.05, 3.63) is 54.1 Å². The Labute approximate surface area is 173 Å². The number of nitrogens with one attached hydrogen (secondary N) is 2. The molecule has 0 aliphatic rings. The van der Waals surface area contributed by atoms with E-state index in [-0.39, 0.29) is 18.4 Å². The number of rotatable bonds is 11. The van der Waals surface area contributed by atoms with Crippen LogP contribution < -0.4 is 15.4 Å². The van der Waals surface area contributed by atoms with Crippen LogP contribution >= 0.6 is 0 Å². The second-order valence-electron chi connectivity index (χ2n) is 7.12. The van der Waals surface area contributed by atoms with E-state index in [1.54, 1.807) is 38.4 Å². The van der Waals surface area contributed by atoms with Crippen molar-refractivity contribution in [3.63, 3.8) is 0 Å². The van der Waals surface area contributed by atoms with Gasteiger partial charge in [0.25, 0.3) is 5.91 Å². The topological polar surface area (TPSA) is 70.7 Å². The van der Waals surface area contributed by atoms with Gasteiger partial charge in [0.2, 0.25) is 5.91 Å². The highest BCUT2D eigenvalue weighted by molar-refractivity contribution is 5.95. The fourth-order valence-corrected chi connectivity index (χ4v) is 2.76. The summed E-state index contributed by atoms with van der Waals surface area (Å²) in [5.74, 6) is 0.550. The predicted octanol–water partition coefficient (Wildman–Crippen LogP) is 4.40. The van der Waals surface area contributed by atoms with Crippen LogP contribution in [0.3, 0.4) is 0 Å². The van der Waals surface area contributed by atoms with Gasteiger partial charge in [0.05, 0.1) is 13.2 Å². The van der Waals surface area contributed by atoms with Gasteiger partial charge in [0.15, 0.2) is 0 Å². The van der Waals surface area contributed by atoms with Gasteiger partial charge < -0.3 is 20.3 Å². The molecule has 0 saturated carbocycles. The van der Waals surface area contributed by atoms with Crippen LogP contribution in [0.25, 0.3) is 0 Å². The Balaban J connectivity index is 1.79. The molecule has 0 unspecified atom stereocenters. The third-order valence-corrected chi connectivity index (χ3v) is 4.38. The Kier molecular flexibility index (Phi) is 9.02. The summed E-state index contributed by atoms with van der Waals surface area (Å²) in [6, 6.07) is 14.5. The lowest BCUT2D eigenvalue weighted by molar-refractivity contribution is -0.114. The van der Waals surface area contributed by atoms with Crippen molar-refractivity contribution in [3.8, 4) is 5.75 Å². The average molecular weight is 398 g/mol. The van der Waals surface area contributed by atoms with Gasteiger partial charge >= 0.3 is 0 Å². The van der Waals surface area contributed by atoms with Crippen molar-refractivity contribution >= 4 is 23.2 Å². The maximum atomic E-state index is 12.2. The number of hydrogen-bond donors (Lipinski definition) is 2. The van der Waals surface area contributed by atoms with E-state index in [4.69, 9.17) is 4.74 Å². The van der Waals surface area contributed by atoms with E-state index in [0.717, 1.165) is 17.9 Å². The molecule has 0 saturated heterocycles. The Morgan fingerprint density at radius 1 is 0.966 bits per heavy atom. The van der Waals surface area contributed by atoms with E-state index >= 15 is 0 Å². The monoisotopic (exact) mass is 397 g/mol. The summed E-state index contributed by atoms with van der Waals surface area (Å²) in [5, 5.41) is 5.93. The first-order valence-corrected chi connectivity index (χ1v) is 10.1. The predicted molar refractivity (Wildman–Crippen MR) is 118 cm³/mol. The molecular weight excluding hydrogens is 366 g/mol. The molecule has 0 atom stereocenters. The van der Waals surface area contributed by atoms with Crippen molar-refractivity contribution in [1.29, 1.82) is 0 Å². The van der Waals surface area contributed by atoms with Gasteiger partial charge in [0.1, 0.15) is 5.75 Å². The lowest BCUT2D eigenvalue weighted by Gasteiger charge is -2.12. The van der Waals surface area contributed by atoms with Crippen molar-refractivity contribution in [2.45, 2.75) is 32.6 Å². The quantitative estimate of drug-likeness (QED) is 0.552. The molecule has 2 N–H and O–H groups in total. The fraction of sp³-hybridized carbons (Fsp3) is 0.391. The van der Waals surface area contributed by atoms with E-state index in [1.807, 2.05) is 24.3 Å². The minimum absolute atomic E-state index is 0.0539. The standard InChI is InChI=1S/C23H31N3O3/c1-4-5-6-7-15-29-21-10-8-9-20(16-21)25-22(27)17-24-19-13-11-18(12-14-19)23(28)26(2)3/h8-14,16,24H,4-7,15,17H2,1-3H3,(H,25,27).